The second-order valence-corrected chi connectivity index (χ2v) is 10.6. The van der Waals surface area contributed by atoms with Gasteiger partial charge in [0.2, 0.25) is 0 Å². The van der Waals surface area contributed by atoms with Crippen LogP contribution in [0.4, 0.5) is 4.79 Å². The van der Waals surface area contributed by atoms with Crippen molar-refractivity contribution in [3.63, 3.8) is 0 Å². The number of ether oxygens (including phenoxy) is 2. The first kappa shape index (κ1) is 22.9. The van der Waals surface area contributed by atoms with Crippen LogP contribution in [-0.2, 0) is 14.3 Å². The second kappa shape index (κ2) is 9.16. The highest BCUT2D eigenvalue weighted by molar-refractivity contribution is 5.76. The molecule has 3 rings (SSSR count). The Labute approximate surface area is 181 Å². The number of hydrogen-bond acceptors (Lipinski definition) is 5. The molecule has 0 aromatic carbocycles. The highest BCUT2D eigenvalue weighted by Crippen LogP contribution is 2.55. The molecule has 0 bridgehead atoms. The Hall–Kier alpha value is -1.77. The predicted octanol–water partition coefficient (Wildman–Crippen LogP) is 4.92. The fourth-order valence-corrected chi connectivity index (χ4v) is 5.64. The number of amides is 1. The Morgan fingerprint density at radius 3 is 2.30 bits per heavy atom. The molecule has 3 fully saturated rings. The molecule has 0 N–H and O–H groups in total. The maximum Gasteiger partial charge on any atom is 0.410 e. The standard InChI is InChI=1S/C24H38N2O4/c1-5-29-21(27)20(16-25)24(19-9-8-18(15-19)14-17-6-7-17)10-12-26(13-11-24)22(28)30-23(2,3)4/h17-20H,5-15H2,1-4H3. The molecule has 168 valence electrons. The summed E-state index contributed by atoms with van der Waals surface area (Å²) in [6.45, 7) is 8.71. The second-order valence-electron chi connectivity index (χ2n) is 10.6. The zero-order valence-electron chi connectivity index (χ0n) is 19.1. The molecule has 0 spiro atoms. The van der Waals surface area contributed by atoms with E-state index in [4.69, 9.17) is 9.47 Å². The van der Waals surface area contributed by atoms with Gasteiger partial charge in [0.1, 0.15) is 11.5 Å². The molecule has 3 unspecified atom stereocenters. The van der Waals surface area contributed by atoms with Crippen LogP contribution in [0.15, 0.2) is 0 Å². The molecule has 1 heterocycles. The number of carbonyl (C=O) groups excluding carboxylic acids is 2. The van der Waals surface area contributed by atoms with Gasteiger partial charge in [0.25, 0.3) is 0 Å². The molecule has 1 saturated heterocycles. The molecule has 2 aliphatic carbocycles. The van der Waals surface area contributed by atoms with Crippen LogP contribution in [-0.4, -0.2) is 42.3 Å². The first-order chi connectivity index (χ1) is 14.2. The third-order valence-corrected chi connectivity index (χ3v) is 7.29. The Morgan fingerprint density at radius 2 is 1.77 bits per heavy atom. The lowest BCUT2D eigenvalue weighted by Gasteiger charge is -2.47. The Balaban J connectivity index is 1.75. The van der Waals surface area contributed by atoms with Gasteiger partial charge in [-0.1, -0.05) is 19.3 Å². The molecule has 0 aromatic rings. The summed E-state index contributed by atoms with van der Waals surface area (Å²) in [4.78, 5) is 27.0. The van der Waals surface area contributed by atoms with E-state index < -0.39 is 22.9 Å². The summed E-state index contributed by atoms with van der Waals surface area (Å²) < 4.78 is 10.8. The molecule has 3 atom stereocenters. The fourth-order valence-electron chi connectivity index (χ4n) is 5.64. The van der Waals surface area contributed by atoms with E-state index >= 15 is 0 Å². The summed E-state index contributed by atoms with van der Waals surface area (Å²) in [6.07, 6.45) is 8.39. The van der Waals surface area contributed by atoms with Crippen molar-refractivity contribution in [3.05, 3.63) is 0 Å². The minimum atomic E-state index is -0.761. The molecule has 0 aromatic heterocycles. The first-order valence-corrected chi connectivity index (χ1v) is 11.7. The van der Waals surface area contributed by atoms with Crippen LogP contribution in [0.2, 0.25) is 0 Å². The molecule has 6 heteroatoms. The van der Waals surface area contributed by atoms with Crippen LogP contribution in [0.1, 0.15) is 79.1 Å². The smallest absolute Gasteiger partial charge is 0.410 e. The topological polar surface area (TPSA) is 79.6 Å². The summed E-state index contributed by atoms with van der Waals surface area (Å²) in [5.41, 5.74) is -0.939. The Morgan fingerprint density at radius 1 is 1.13 bits per heavy atom. The van der Waals surface area contributed by atoms with Crippen molar-refractivity contribution in [1.82, 2.24) is 4.90 Å². The highest BCUT2D eigenvalue weighted by Gasteiger charge is 2.53. The van der Waals surface area contributed by atoms with Gasteiger partial charge >= 0.3 is 12.1 Å². The summed E-state index contributed by atoms with van der Waals surface area (Å²) in [6, 6.07) is 2.32. The van der Waals surface area contributed by atoms with Crippen LogP contribution in [0.25, 0.3) is 0 Å². The van der Waals surface area contributed by atoms with Gasteiger partial charge in [-0.05, 0) is 77.6 Å². The maximum absolute atomic E-state index is 12.8. The van der Waals surface area contributed by atoms with E-state index in [2.05, 4.69) is 6.07 Å². The molecular formula is C24H38N2O4. The van der Waals surface area contributed by atoms with E-state index in [1.165, 1.54) is 25.7 Å². The zero-order valence-corrected chi connectivity index (χ0v) is 19.1. The van der Waals surface area contributed by atoms with Gasteiger partial charge in [-0.15, -0.1) is 0 Å². The molecule has 0 radical (unpaired) electrons. The molecule has 30 heavy (non-hydrogen) atoms. The van der Waals surface area contributed by atoms with Gasteiger partial charge in [-0.3, -0.25) is 4.79 Å². The van der Waals surface area contributed by atoms with Crippen molar-refractivity contribution in [3.8, 4) is 6.07 Å². The van der Waals surface area contributed by atoms with E-state index in [0.717, 1.165) is 18.8 Å². The monoisotopic (exact) mass is 418 g/mol. The predicted molar refractivity (Wildman–Crippen MR) is 113 cm³/mol. The lowest BCUT2D eigenvalue weighted by atomic mass is 9.60. The third-order valence-electron chi connectivity index (χ3n) is 7.29. The summed E-state index contributed by atoms with van der Waals surface area (Å²) in [5, 5.41) is 9.99. The highest BCUT2D eigenvalue weighted by atomic mass is 16.6. The number of rotatable bonds is 6. The zero-order chi connectivity index (χ0) is 21.9. The maximum atomic E-state index is 12.8. The van der Waals surface area contributed by atoms with Crippen molar-refractivity contribution in [2.45, 2.75) is 84.7 Å². The van der Waals surface area contributed by atoms with Gasteiger partial charge < -0.3 is 14.4 Å². The first-order valence-electron chi connectivity index (χ1n) is 11.7. The van der Waals surface area contributed by atoms with Crippen molar-refractivity contribution in [1.29, 1.82) is 5.26 Å². The van der Waals surface area contributed by atoms with Gasteiger partial charge in [0.05, 0.1) is 12.7 Å². The van der Waals surface area contributed by atoms with Gasteiger partial charge in [0.15, 0.2) is 0 Å². The Bertz CT molecular complexity index is 666. The average molecular weight is 419 g/mol. The number of piperidine rings is 1. The van der Waals surface area contributed by atoms with E-state index in [1.54, 1.807) is 11.8 Å². The SMILES string of the molecule is CCOC(=O)C(C#N)C1(C2CCC(CC3CC3)C2)CCN(C(=O)OC(C)(C)C)CC1. The number of nitrogens with zero attached hydrogens (tertiary/aromatic N) is 2. The van der Waals surface area contributed by atoms with E-state index in [9.17, 15) is 14.9 Å². The average Bonchev–Trinajstić information content (AvgIpc) is 3.35. The number of nitriles is 1. The van der Waals surface area contributed by atoms with Crippen molar-refractivity contribution in [2.24, 2.45) is 29.1 Å². The summed E-state index contributed by atoms with van der Waals surface area (Å²) in [5.74, 6) is 0.802. The van der Waals surface area contributed by atoms with Crippen LogP contribution < -0.4 is 0 Å². The minimum absolute atomic E-state index is 0.284. The molecule has 2 saturated carbocycles. The van der Waals surface area contributed by atoms with Crippen molar-refractivity contribution in [2.75, 3.05) is 19.7 Å². The lowest BCUT2D eigenvalue weighted by Crippen LogP contribution is -2.51. The Kier molecular flexibility index (Phi) is 6.99. The van der Waals surface area contributed by atoms with Crippen molar-refractivity contribution >= 4 is 12.1 Å². The molecule has 1 aliphatic heterocycles. The summed E-state index contributed by atoms with van der Waals surface area (Å²) >= 11 is 0. The molecular weight excluding hydrogens is 380 g/mol. The number of carbonyl (C=O) groups is 2. The lowest BCUT2D eigenvalue weighted by molar-refractivity contribution is -0.153. The molecule has 1 amide bonds. The van der Waals surface area contributed by atoms with Crippen LogP contribution in [0.3, 0.4) is 0 Å². The number of likely N-dealkylation sites (tertiary alicyclic amines) is 1. The van der Waals surface area contributed by atoms with Crippen molar-refractivity contribution < 1.29 is 19.1 Å². The third kappa shape index (κ3) is 5.28. The van der Waals surface area contributed by atoms with E-state index in [-0.39, 0.29) is 12.7 Å². The number of esters is 1. The van der Waals surface area contributed by atoms with Gasteiger partial charge in [-0.2, -0.15) is 5.26 Å². The summed E-state index contributed by atoms with van der Waals surface area (Å²) in [7, 11) is 0. The quantitative estimate of drug-likeness (QED) is 0.572. The van der Waals surface area contributed by atoms with Crippen LogP contribution in [0, 0.1) is 40.4 Å². The van der Waals surface area contributed by atoms with E-state index in [1.807, 2.05) is 20.8 Å². The van der Waals surface area contributed by atoms with Gasteiger partial charge in [-0.25, -0.2) is 4.79 Å². The van der Waals surface area contributed by atoms with Gasteiger partial charge in [0, 0.05) is 18.5 Å². The number of hydrogen-bond donors (Lipinski definition) is 0. The van der Waals surface area contributed by atoms with Crippen LogP contribution >= 0.6 is 0 Å². The van der Waals surface area contributed by atoms with E-state index in [0.29, 0.717) is 37.8 Å². The largest absolute Gasteiger partial charge is 0.465 e. The normalized spacial score (nSPS) is 27.2. The minimum Gasteiger partial charge on any atom is -0.465 e. The van der Waals surface area contributed by atoms with Crippen LogP contribution in [0.5, 0.6) is 0 Å². The molecule has 6 nitrogen and oxygen atoms in total. The molecule has 3 aliphatic rings. The fraction of sp³-hybridized carbons (Fsp3) is 0.875.